The van der Waals surface area contributed by atoms with Gasteiger partial charge in [-0.3, -0.25) is 4.79 Å². The van der Waals surface area contributed by atoms with Crippen molar-refractivity contribution in [2.45, 2.75) is 6.92 Å². The van der Waals surface area contributed by atoms with Gasteiger partial charge >= 0.3 is 5.97 Å². The summed E-state index contributed by atoms with van der Waals surface area (Å²) in [5, 5.41) is 4.68. The summed E-state index contributed by atoms with van der Waals surface area (Å²) in [5.74, 6) is -1.91. The van der Waals surface area contributed by atoms with Gasteiger partial charge in [0.15, 0.2) is 0 Å². The van der Waals surface area contributed by atoms with E-state index in [9.17, 15) is 14.0 Å². The van der Waals surface area contributed by atoms with Crippen LogP contribution in [0, 0.1) is 5.82 Å². The van der Waals surface area contributed by atoms with Crippen LogP contribution in [0.4, 0.5) is 9.39 Å². The summed E-state index contributed by atoms with van der Waals surface area (Å²) in [6, 6.07) is 5.22. The Hall–Kier alpha value is -1.92. The van der Waals surface area contributed by atoms with Crippen LogP contribution >= 0.6 is 22.9 Å². The number of benzene rings is 1. The Morgan fingerprint density at radius 3 is 2.81 bits per heavy atom. The molecule has 1 amide bonds. The monoisotopic (exact) mass is 327 g/mol. The Kier molecular flexibility index (Phi) is 4.93. The number of nitrogens with one attached hydrogen (secondary N) is 1. The van der Waals surface area contributed by atoms with Crippen molar-refractivity contribution in [2.75, 3.05) is 11.9 Å². The van der Waals surface area contributed by atoms with Crippen molar-refractivity contribution in [1.29, 1.82) is 0 Å². The second kappa shape index (κ2) is 6.69. The fourth-order valence-electron chi connectivity index (χ4n) is 1.62. The van der Waals surface area contributed by atoms with Gasteiger partial charge in [0.1, 0.15) is 10.8 Å². The van der Waals surface area contributed by atoms with Gasteiger partial charge < -0.3 is 10.1 Å². The number of anilines is 1. The summed E-state index contributed by atoms with van der Waals surface area (Å²) in [7, 11) is 0. The normalized spacial score (nSPS) is 10.2. The largest absolute Gasteiger partial charge is 0.462 e. The van der Waals surface area contributed by atoms with Crippen LogP contribution in [0.1, 0.15) is 27.6 Å². The quantitative estimate of drug-likeness (QED) is 0.864. The third kappa shape index (κ3) is 3.59. The van der Waals surface area contributed by atoms with Gasteiger partial charge in [0.2, 0.25) is 0 Å². The molecule has 0 spiro atoms. The van der Waals surface area contributed by atoms with E-state index in [-0.39, 0.29) is 22.8 Å². The summed E-state index contributed by atoms with van der Waals surface area (Å²) in [6.45, 7) is 1.91. The van der Waals surface area contributed by atoms with Crippen LogP contribution in [0.5, 0.6) is 0 Å². The molecule has 2 rings (SSSR count). The zero-order valence-corrected chi connectivity index (χ0v) is 12.6. The standard InChI is InChI=1S/C14H11ClFNO3S/c1-2-20-14(19)9-5-6-21-13(9)17-12(18)10-7-8(15)3-4-11(10)16/h3-7H,2H2,1H3,(H,17,18). The van der Waals surface area contributed by atoms with Gasteiger partial charge in [0.25, 0.3) is 5.91 Å². The third-order valence-electron chi connectivity index (χ3n) is 2.56. The molecule has 1 heterocycles. The molecule has 0 bridgehead atoms. The number of esters is 1. The number of thiophene rings is 1. The van der Waals surface area contributed by atoms with E-state index in [4.69, 9.17) is 16.3 Å². The first kappa shape index (κ1) is 15.5. The maximum atomic E-state index is 13.6. The van der Waals surface area contributed by atoms with E-state index >= 15 is 0 Å². The smallest absolute Gasteiger partial charge is 0.341 e. The van der Waals surface area contributed by atoms with Crippen LogP contribution in [-0.4, -0.2) is 18.5 Å². The van der Waals surface area contributed by atoms with Gasteiger partial charge in [-0.05, 0) is 36.6 Å². The van der Waals surface area contributed by atoms with Crippen molar-refractivity contribution in [3.8, 4) is 0 Å². The van der Waals surface area contributed by atoms with Gasteiger partial charge in [0.05, 0.1) is 17.7 Å². The summed E-state index contributed by atoms with van der Waals surface area (Å²) >= 11 is 6.90. The van der Waals surface area contributed by atoms with Crippen LogP contribution in [-0.2, 0) is 4.74 Å². The molecule has 0 radical (unpaired) electrons. The number of halogens is 2. The Morgan fingerprint density at radius 1 is 1.33 bits per heavy atom. The molecule has 0 atom stereocenters. The Labute approximate surface area is 129 Å². The molecule has 0 fully saturated rings. The molecule has 110 valence electrons. The fraction of sp³-hybridized carbons (Fsp3) is 0.143. The molecule has 0 aliphatic carbocycles. The molecule has 2 aromatic rings. The van der Waals surface area contributed by atoms with Crippen molar-refractivity contribution in [3.63, 3.8) is 0 Å². The molecule has 0 aliphatic heterocycles. The minimum Gasteiger partial charge on any atom is -0.462 e. The molecule has 7 heteroatoms. The molecule has 0 saturated heterocycles. The number of hydrogen-bond donors (Lipinski definition) is 1. The zero-order valence-electron chi connectivity index (χ0n) is 11.0. The lowest BCUT2D eigenvalue weighted by atomic mass is 10.2. The summed E-state index contributed by atoms with van der Waals surface area (Å²) in [5.41, 5.74) is 0.0448. The van der Waals surface area contributed by atoms with Gasteiger partial charge in [-0.2, -0.15) is 0 Å². The summed E-state index contributed by atoms with van der Waals surface area (Å²) < 4.78 is 18.5. The summed E-state index contributed by atoms with van der Waals surface area (Å²) in [4.78, 5) is 23.8. The van der Waals surface area contributed by atoms with Crippen molar-refractivity contribution in [1.82, 2.24) is 0 Å². The van der Waals surface area contributed by atoms with E-state index in [1.807, 2.05) is 0 Å². The molecular weight excluding hydrogens is 317 g/mol. The lowest BCUT2D eigenvalue weighted by Crippen LogP contribution is -2.15. The number of carbonyl (C=O) groups is 2. The number of ether oxygens (including phenoxy) is 1. The van der Waals surface area contributed by atoms with Crippen molar-refractivity contribution >= 4 is 39.8 Å². The molecule has 1 N–H and O–H groups in total. The van der Waals surface area contributed by atoms with Gasteiger partial charge in [-0.25, -0.2) is 9.18 Å². The first-order chi connectivity index (χ1) is 10.0. The van der Waals surface area contributed by atoms with Gasteiger partial charge in [-0.15, -0.1) is 11.3 Å². The van der Waals surface area contributed by atoms with E-state index < -0.39 is 17.7 Å². The molecule has 21 heavy (non-hydrogen) atoms. The van der Waals surface area contributed by atoms with Crippen molar-refractivity contribution in [3.05, 3.63) is 51.6 Å². The van der Waals surface area contributed by atoms with E-state index in [0.717, 1.165) is 17.4 Å². The molecule has 0 saturated carbocycles. The SMILES string of the molecule is CCOC(=O)c1ccsc1NC(=O)c1cc(Cl)ccc1F. The number of carbonyl (C=O) groups excluding carboxylic acids is 2. The van der Waals surface area contributed by atoms with Crippen molar-refractivity contribution < 1.29 is 18.7 Å². The Balaban J connectivity index is 2.22. The molecule has 1 aromatic heterocycles. The number of rotatable bonds is 4. The highest BCUT2D eigenvalue weighted by Crippen LogP contribution is 2.25. The van der Waals surface area contributed by atoms with Crippen LogP contribution < -0.4 is 5.32 Å². The van der Waals surface area contributed by atoms with Crippen LogP contribution in [0.2, 0.25) is 5.02 Å². The van der Waals surface area contributed by atoms with E-state index in [0.29, 0.717) is 5.00 Å². The number of amides is 1. The van der Waals surface area contributed by atoms with Gasteiger partial charge in [0, 0.05) is 5.02 Å². The number of hydrogen-bond acceptors (Lipinski definition) is 4. The molecule has 1 aromatic carbocycles. The van der Waals surface area contributed by atoms with Crippen LogP contribution in [0.25, 0.3) is 0 Å². The minimum atomic E-state index is -0.689. The molecule has 0 unspecified atom stereocenters. The lowest BCUT2D eigenvalue weighted by molar-refractivity contribution is 0.0528. The predicted octanol–water partition coefficient (Wildman–Crippen LogP) is 3.97. The van der Waals surface area contributed by atoms with E-state index in [2.05, 4.69) is 5.32 Å². The highest BCUT2D eigenvalue weighted by molar-refractivity contribution is 7.14. The lowest BCUT2D eigenvalue weighted by Gasteiger charge is -2.07. The fourth-order valence-corrected chi connectivity index (χ4v) is 2.56. The molecular formula is C14H11ClFNO3S. The zero-order chi connectivity index (χ0) is 15.4. The third-order valence-corrected chi connectivity index (χ3v) is 3.63. The maximum Gasteiger partial charge on any atom is 0.341 e. The van der Waals surface area contributed by atoms with Gasteiger partial charge in [-0.1, -0.05) is 11.6 Å². The average Bonchev–Trinajstić information content (AvgIpc) is 2.90. The minimum absolute atomic E-state index is 0.189. The first-order valence-corrected chi connectivity index (χ1v) is 7.29. The highest BCUT2D eigenvalue weighted by Gasteiger charge is 2.18. The Morgan fingerprint density at radius 2 is 2.10 bits per heavy atom. The highest BCUT2D eigenvalue weighted by atomic mass is 35.5. The Bertz CT molecular complexity index is 687. The second-order valence-electron chi connectivity index (χ2n) is 3.96. The van der Waals surface area contributed by atoms with Crippen molar-refractivity contribution in [2.24, 2.45) is 0 Å². The second-order valence-corrected chi connectivity index (χ2v) is 5.31. The van der Waals surface area contributed by atoms with E-state index in [1.54, 1.807) is 12.3 Å². The molecule has 0 aliphatic rings. The summed E-state index contributed by atoms with van der Waals surface area (Å²) in [6.07, 6.45) is 0. The van der Waals surface area contributed by atoms with E-state index in [1.165, 1.54) is 18.2 Å². The topological polar surface area (TPSA) is 55.4 Å². The van der Waals surface area contributed by atoms with Crippen LogP contribution in [0.3, 0.4) is 0 Å². The molecule has 4 nitrogen and oxygen atoms in total. The average molecular weight is 328 g/mol. The first-order valence-electron chi connectivity index (χ1n) is 6.04. The maximum absolute atomic E-state index is 13.6. The predicted molar refractivity (Wildman–Crippen MR) is 79.6 cm³/mol. The van der Waals surface area contributed by atoms with Crippen LogP contribution in [0.15, 0.2) is 29.6 Å².